The van der Waals surface area contributed by atoms with E-state index in [1.54, 1.807) is 24.3 Å². The van der Waals surface area contributed by atoms with Gasteiger partial charge in [0.25, 0.3) is 0 Å². The summed E-state index contributed by atoms with van der Waals surface area (Å²) in [5.74, 6) is 7.27. The summed E-state index contributed by atoms with van der Waals surface area (Å²) in [5, 5.41) is 11.8. The molecule has 0 unspecified atom stereocenters. The smallest absolute Gasteiger partial charge is 0.545 e. The molecule has 0 atom stereocenters. The first kappa shape index (κ1) is 107. The van der Waals surface area contributed by atoms with Gasteiger partial charge in [0.05, 0.1) is 32.4 Å². The Hall–Kier alpha value is -9.09. The van der Waals surface area contributed by atoms with Crippen molar-refractivity contribution in [3.8, 4) is 80.1 Å². The maximum atomic E-state index is 11.8. The van der Waals surface area contributed by atoms with Crippen LogP contribution in [0.25, 0.3) is 11.1 Å². The Morgan fingerprint density at radius 2 is 0.394 bits per heavy atom. The maximum absolute atomic E-state index is 11.8. The number of hydrogen-bond acceptors (Lipinski definition) is 14. The summed E-state index contributed by atoms with van der Waals surface area (Å²) in [6, 6.07) is 72.8. The molecule has 10 aromatic rings. The van der Waals surface area contributed by atoms with Crippen molar-refractivity contribution in [3.05, 3.63) is 275 Å². The molecule has 14 nitrogen and oxygen atoms in total. The van der Waals surface area contributed by atoms with Gasteiger partial charge in [0, 0.05) is 6.07 Å². The molecule has 0 aliphatic heterocycles. The van der Waals surface area contributed by atoms with Crippen LogP contribution in [0.4, 0.5) is 0 Å². The van der Waals surface area contributed by atoms with Crippen LogP contribution in [0.15, 0.2) is 224 Å². The molecular formula is C117H153KO14. The van der Waals surface area contributed by atoms with E-state index in [-0.39, 0.29) is 70.2 Å². The third-order valence-electron chi connectivity index (χ3n) is 24.2. The summed E-state index contributed by atoms with van der Waals surface area (Å²) in [5.41, 5.74) is 9.44. The largest absolute Gasteiger partial charge is 1.00 e. The summed E-state index contributed by atoms with van der Waals surface area (Å²) in [7, 11) is 0. The SMILES string of the molecule is CCCCCCCCCCCCOc1ccc(COc2ccc(COc3ccc(COc4cc(OCc5ccc(OCc6ccc(OCc7ccc(OCCCCCCCCCCCC)cc7)c(OCc7ccc(OCCCCCCCCCCCC)cc7)c6)cc5)cc(-c5ccc(C(=O)[O-])cc5)c4)cc3)cc2OCc2ccc(OCCCCCCCCCCCC)cc2)cc1.[K+]. The molecule has 132 heavy (non-hydrogen) atoms. The van der Waals surface area contributed by atoms with Crippen molar-refractivity contribution in [2.24, 2.45) is 0 Å². The van der Waals surface area contributed by atoms with E-state index < -0.39 is 5.97 Å². The molecule has 0 aliphatic carbocycles. The molecule has 0 saturated carbocycles. The zero-order valence-corrected chi connectivity index (χ0v) is 84.0. The first-order valence-electron chi connectivity index (χ1n) is 50.4. The summed E-state index contributed by atoms with van der Waals surface area (Å²) in [6.07, 6.45) is 51.7. The Balaban J connectivity index is 0.0000196. The van der Waals surface area contributed by atoms with Gasteiger partial charge in [0.15, 0.2) is 23.0 Å². The first-order valence-corrected chi connectivity index (χ1v) is 50.4. The fourth-order valence-corrected chi connectivity index (χ4v) is 16.0. The quantitative estimate of drug-likeness (QED) is 0.0263. The number of hydrogen-bond donors (Lipinski definition) is 0. The number of carboxylic acid groups (broad SMARTS) is 1. The van der Waals surface area contributed by atoms with Crippen molar-refractivity contribution >= 4 is 5.97 Å². The summed E-state index contributed by atoms with van der Waals surface area (Å²) in [4.78, 5) is 11.8. The zero-order chi connectivity index (χ0) is 91.3. The van der Waals surface area contributed by atoms with Gasteiger partial charge in [-0.1, -0.05) is 368 Å². The number of rotatable bonds is 74. The normalized spacial score (nSPS) is 11.1. The molecule has 0 fully saturated rings. The molecule has 0 radical (unpaired) electrons. The molecule has 0 bridgehead atoms. The van der Waals surface area contributed by atoms with E-state index in [0.29, 0.717) is 98.9 Å². The molecule has 10 aromatic carbocycles. The number of carbonyl (C=O) groups is 1. The fraction of sp³-hybridized carbons (Fsp3) is 0.479. The summed E-state index contributed by atoms with van der Waals surface area (Å²) >= 11 is 0. The van der Waals surface area contributed by atoms with Gasteiger partial charge in [-0.05, 0) is 196 Å². The van der Waals surface area contributed by atoms with Crippen molar-refractivity contribution in [1.29, 1.82) is 0 Å². The first-order chi connectivity index (χ1) is 64.6. The predicted octanol–water partition coefficient (Wildman–Crippen LogP) is 28.6. The molecule has 706 valence electrons. The molecule has 0 aromatic heterocycles. The van der Waals surface area contributed by atoms with Crippen LogP contribution >= 0.6 is 0 Å². The van der Waals surface area contributed by atoms with E-state index >= 15 is 0 Å². The average Bonchev–Trinajstić information content (AvgIpc) is 0.796. The van der Waals surface area contributed by atoms with E-state index in [9.17, 15) is 9.90 Å². The molecule has 0 amide bonds. The maximum Gasteiger partial charge on any atom is 1.00 e. The Labute approximate surface area is 835 Å². The monoisotopic (exact) mass is 1820 g/mol. The van der Waals surface area contributed by atoms with E-state index in [1.165, 1.54) is 231 Å². The van der Waals surface area contributed by atoms with Crippen LogP contribution < -0.4 is 113 Å². The molecule has 0 saturated heterocycles. The molecule has 10 rings (SSSR count). The van der Waals surface area contributed by atoms with Gasteiger partial charge in [0.2, 0.25) is 0 Å². The van der Waals surface area contributed by atoms with Crippen LogP contribution in [0.5, 0.6) is 69.0 Å². The predicted molar refractivity (Wildman–Crippen MR) is 532 cm³/mol. The van der Waals surface area contributed by atoms with Gasteiger partial charge in [-0.3, -0.25) is 0 Å². The van der Waals surface area contributed by atoms with Crippen LogP contribution in [0.1, 0.15) is 339 Å². The molecule has 0 N–H and O–H groups in total. The average molecular weight is 1820 g/mol. The number of aromatic carboxylic acids is 1. The Morgan fingerprint density at radius 3 is 0.644 bits per heavy atom. The van der Waals surface area contributed by atoms with Gasteiger partial charge in [-0.15, -0.1) is 0 Å². The number of ether oxygens (including phenoxy) is 12. The second kappa shape index (κ2) is 66.3. The summed E-state index contributed by atoms with van der Waals surface area (Å²) < 4.78 is 76.7. The van der Waals surface area contributed by atoms with Crippen molar-refractivity contribution in [3.63, 3.8) is 0 Å². The Kier molecular flexibility index (Phi) is 53.6. The number of carbonyl (C=O) groups excluding carboxylic acids is 1. The van der Waals surface area contributed by atoms with Crippen LogP contribution in [-0.2, 0) is 52.9 Å². The van der Waals surface area contributed by atoms with Gasteiger partial charge in [-0.25, -0.2) is 0 Å². The van der Waals surface area contributed by atoms with E-state index in [0.717, 1.165) is 118 Å². The second-order valence-corrected chi connectivity index (χ2v) is 35.4. The molecular weight excluding hydrogens is 1670 g/mol. The number of benzene rings is 10. The van der Waals surface area contributed by atoms with E-state index in [4.69, 9.17) is 56.8 Å². The van der Waals surface area contributed by atoms with Crippen LogP contribution in [0, 0.1) is 0 Å². The molecule has 15 heteroatoms. The zero-order valence-electron chi connectivity index (χ0n) is 80.8. The Morgan fingerprint density at radius 1 is 0.189 bits per heavy atom. The van der Waals surface area contributed by atoms with Gasteiger partial charge in [0.1, 0.15) is 98.9 Å². The van der Waals surface area contributed by atoms with E-state index in [2.05, 4.69) is 76.2 Å². The van der Waals surface area contributed by atoms with Crippen molar-refractivity contribution in [2.45, 2.75) is 337 Å². The van der Waals surface area contributed by atoms with Gasteiger partial charge < -0.3 is 66.7 Å². The number of unbranched alkanes of at least 4 members (excludes halogenated alkanes) is 36. The van der Waals surface area contributed by atoms with Gasteiger partial charge in [-0.2, -0.15) is 0 Å². The third kappa shape index (κ3) is 43.9. The van der Waals surface area contributed by atoms with Crippen LogP contribution in [0.2, 0.25) is 0 Å². The molecule has 0 spiro atoms. The topological polar surface area (TPSA) is 151 Å². The minimum Gasteiger partial charge on any atom is -0.545 e. The van der Waals surface area contributed by atoms with Crippen LogP contribution in [0.3, 0.4) is 0 Å². The van der Waals surface area contributed by atoms with Crippen molar-refractivity contribution < 1.29 is 118 Å². The number of carboxylic acids is 1. The minimum absolute atomic E-state index is 0. The Bertz CT molecular complexity index is 4390. The molecule has 0 aliphatic rings. The van der Waals surface area contributed by atoms with Crippen molar-refractivity contribution in [2.75, 3.05) is 26.4 Å². The minimum atomic E-state index is -1.24. The third-order valence-corrected chi connectivity index (χ3v) is 24.2. The van der Waals surface area contributed by atoms with E-state index in [1.807, 2.05) is 152 Å². The molecule has 0 heterocycles. The van der Waals surface area contributed by atoms with Crippen LogP contribution in [-0.4, -0.2) is 32.4 Å². The second-order valence-electron chi connectivity index (χ2n) is 35.4. The summed E-state index contributed by atoms with van der Waals surface area (Å²) in [6.45, 7) is 14.5. The standard InChI is InChI=1S/C117H154O14.K/c1-5-9-13-17-21-25-29-33-37-41-77-120-105-63-45-96(46-64-105)88-128-113-75-57-100(81-115(113)130-90-98-49-67-107(68-50-98)122-79-43-39-35-31-27-23-19-15-11-7-3)92-124-109-71-53-94(54-72-109)86-126-111-83-104(102-59-61-103(62-60-102)117(118)119)84-112(85-111)127-87-95-55-73-110(74-56-95)125-93-101-58-76-114(129-89-97-47-65-106(66-48-97)121-78-42-38-34-30-26-22-18-14-10-6-2)116(82-101)131-91-99-51-69-108(70-52-99)123-80-44-40-36-32-28-24-20-16-12-8-4;/h45-76,81-85H,5-44,77-80,86-93H2,1-4H3,(H,118,119);/q;+1/p-1. The van der Waals surface area contributed by atoms with Gasteiger partial charge >= 0.3 is 51.4 Å². The van der Waals surface area contributed by atoms with Crippen molar-refractivity contribution in [1.82, 2.24) is 0 Å². The fourth-order valence-electron chi connectivity index (χ4n) is 16.0.